The molecule has 0 aliphatic heterocycles. The first-order valence-corrected chi connectivity index (χ1v) is 7.62. The molecule has 0 saturated heterocycles. The highest BCUT2D eigenvalue weighted by Gasteiger charge is 2.12. The van der Waals surface area contributed by atoms with Crippen LogP contribution in [-0.2, 0) is 18.3 Å². The fraction of sp³-hybridized carbons (Fsp3) is 0.333. The van der Waals surface area contributed by atoms with E-state index in [-0.39, 0.29) is 6.10 Å². The van der Waals surface area contributed by atoms with Gasteiger partial charge in [0.05, 0.1) is 23.7 Å². The number of nitrogens with zero attached hydrogens (tertiary/aromatic N) is 4. The Kier molecular flexibility index (Phi) is 3.90. The van der Waals surface area contributed by atoms with Crippen LogP contribution in [0, 0.1) is 0 Å². The number of aryl methyl sites for hydroxylation is 1. The van der Waals surface area contributed by atoms with E-state index in [2.05, 4.69) is 33.7 Å². The smallest absolute Gasteiger partial charge is 0.150 e. The summed E-state index contributed by atoms with van der Waals surface area (Å²) in [5, 5.41) is 4.22. The first kappa shape index (κ1) is 14.0. The largest absolute Gasteiger partial charge is 0.380 e. The minimum Gasteiger partial charge on any atom is -0.380 e. The first-order chi connectivity index (χ1) is 10.2. The van der Waals surface area contributed by atoms with Gasteiger partial charge in [-0.25, -0.2) is 4.98 Å². The zero-order valence-corrected chi connectivity index (χ0v) is 13.2. The number of hydrogen-bond acceptors (Lipinski definition) is 4. The molecule has 0 aliphatic carbocycles. The zero-order chi connectivity index (χ0) is 14.8. The van der Waals surface area contributed by atoms with E-state index in [1.165, 1.54) is 4.88 Å². The van der Waals surface area contributed by atoms with E-state index in [1.807, 2.05) is 36.5 Å². The maximum atomic E-state index is 5.34. The molecule has 3 rings (SSSR count). The number of aromatic nitrogens is 4. The molecule has 0 bridgehead atoms. The van der Waals surface area contributed by atoms with Crippen LogP contribution in [0.3, 0.4) is 0 Å². The fourth-order valence-corrected chi connectivity index (χ4v) is 3.19. The summed E-state index contributed by atoms with van der Waals surface area (Å²) in [6.45, 7) is 2.85. The van der Waals surface area contributed by atoms with Crippen molar-refractivity contribution in [2.24, 2.45) is 7.05 Å². The van der Waals surface area contributed by atoms with Gasteiger partial charge in [-0.05, 0) is 19.1 Å². The first-order valence-electron chi connectivity index (χ1n) is 6.80. The topological polar surface area (TPSA) is 44.9 Å². The van der Waals surface area contributed by atoms with E-state index in [0.29, 0.717) is 0 Å². The van der Waals surface area contributed by atoms with Crippen LogP contribution in [0.5, 0.6) is 0 Å². The number of ether oxygens (including phenoxy) is 1. The monoisotopic (exact) mass is 302 g/mol. The number of hydrogen-bond donors (Lipinski definition) is 0. The van der Waals surface area contributed by atoms with Gasteiger partial charge < -0.3 is 9.30 Å². The molecule has 1 unspecified atom stereocenters. The highest BCUT2D eigenvalue weighted by molar-refractivity contribution is 7.18. The third-order valence-electron chi connectivity index (χ3n) is 3.39. The van der Waals surface area contributed by atoms with Crippen molar-refractivity contribution in [3.8, 4) is 21.1 Å². The van der Waals surface area contributed by atoms with Gasteiger partial charge in [0.25, 0.3) is 0 Å². The van der Waals surface area contributed by atoms with Crippen molar-refractivity contribution < 1.29 is 4.74 Å². The lowest BCUT2D eigenvalue weighted by atomic mass is 10.3. The highest BCUT2D eigenvalue weighted by atomic mass is 32.1. The molecule has 0 fully saturated rings. The zero-order valence-electron chi connectivity index (χ0n) is 12.4. The average Bonchev–Trinajstić information content (AvgIpc) is 3.17. The van der Waals surface area contributed by atoms with Crippen LogP contribution in [0.25, 0.3) is 21.1 Å². The molecule has 0 aromatic carbocycles. The van der Waals surface area contributed by atoms with Crippen molar-refractivity contribution in [2.45, 2.75) is 19.6 Å². The van der Waals surface area contributed by atoms with Crippen molar-refractivity contribution in [3.63, 3.8) is 0 Å². The number of thiophene rings is 1. The van der Waals surface area contributed by atoms with E-state index >= 15 is 0 Å². The second-order valence-electron chi connectivity index (χ2n) is 5.02. The van der Waals surface area contributed by atoms with Crippen molar-refractivity contribution in [2.75, 3.05) is 7.11 Å². The van der Waals surface area contributed by atoms with Crippen LogP contribution in [0.15, 0.2) is 36.9 Å². The molecule has 0 aliphatic rings. The third-order valence-corrected chi connectivity index (χ3v) is 4.52. The normalized spacial score (nSPS) is 12.7. The van der Waals surface area contributed by atoms with Crippen LogP contribution in [0.1, 0.15) is 6.92 Å². The van der Waals surface area contributed by atoms with Gasteiger partial charge in [0.15, 0.2) is 0 Å². The minimum absolute atomic E-state index is 0.163. The van der Waals surface area contributed by atoms with E-state index in [0.717, 1.165) is 22.8 Å². The fourth-order valence-electron chi connectivity index (χ4n) is 2.19. The number of imidazole rings is 1. The molecule has 3 heterocycles. The van der Waals surface area contributed by atoms with Gasteiger partial charge >= 0.3 is 0 Å². The molecule has 5 nitrogen and oxygen atoms in total. The molecular formula is C15H18N4OS. The van der Waals surface area contributed by atoms with E-state index in [1.54, 1.807) is 18.4 Å². The summed E-state index contributed by atoms with van der Waals surface area (Å²) in [6, 6.07) is 4.24. The molecule has 21 heavy (non-hydrogen) atoms. The second kappa shape index (κ2) is 5.83. The van der Waals surface area contributed by atoms with Crippen molar-refractivity contribution in [1.82, 2.24) is 19.3 Å². The van der Waals surface area contributed by atoms with Crippen molar-refractivity contribution in [1.29, 1.82) is 0 Å². The predicted molar refractivity (Wildman–Crippen MR) is 84.2 cm³/mol. The molecule has 3 aromatic rings. The lowest BCUT2D eigenvalue weighted by Gasteiger charge is -2.12. The summed E-state index contributed by atoms with van der Waals surface area (Å²) >= 11 is 1.73. The molecule has 0 saturated carbocycles. The maximum Gasteiger partial charge on any atom is 0.150 e. The molecule has 110 valence electrons. The van der Waals surface area contributed by atoms with Crippen LogP contribution in [0.4, 0.5) is 0 Å². The molecule has 0 amide bonds. The van der Waals surface area contributed by atoms with Crippen LogP contribution in [-0.4, -0.2) is 32.5 Å². The Labute approximate surface area is 127 Å². The third kappa shape index (κ3) is 2.91. The Bertz CT molecular complexity index is 727. The Morgan fingerprint density at radius 2 is 2.14 bits per heavy atom. The quantitative estimate of drug-likeness (QED) is 0.727. The van der Waals surface area contributed by atoms with E-state index < -0.39 is 0 Å². The van der Waals surface area contributed by atoms with E-state index in [4.69, 9.17) is 4.74 Å². The van der Waals surface area contributed by atoms with Crippen LogP contribution in [0.2, 0.25) is 0 Å². The van der Waals surface area contributed by atoms with Gasteiger partial charge in [-0.2, -0.15) is 5.10 Å². The molecule has 6 heteroatoms. The summed E-state index contributed by atoms with van der Waals surface area (Å²) < 4.78 is 9.28. The van der Waals surface area contributed by atoms with Gasteiger partial charge in [0.2, 0.25) is 0 Å². The molecule has 0 spiro atoms. The number of rotatable bonds is 5. The summed E-state index contributed by atoms with van der Waals surface area (Å²) in [7, 11) is 3.66. The molecule has 0 radical (unpaired) electrons. The Hall–Kier alpha value is -1.92. The number of methoxy groups -OCH3 is 1. The second-order valence-corrected chi connectivity index (χ2v) is 6.10. The molecule has 3 aromatic heterocycles. The Morgan fingerprint density at radius 3 is 2.86 bits per heavy atom. The summed E-state index contributed by atoms with van der Waals surface area (Å²) in [5.41, 5.74) is 1.14. The minimum atomic E-state index is 0.163. The van der Waals surface area contributed by atoms with Gasteiger partial charge in [0, 0.05) is 43.2 Å². The lowest BCUT2D eigenvalue weighted by molar-refractivity contribution is 0.103. The van der Waals surface area contributed by atoms with E-state index in [9.17, 15) is 0 Å². The van der Waals surface area contributed by atoms with Crippen LogP contribution < -0.4 is 0 Å². The molecule has 1 atom stereocenters. The molecule has 0 N–H and O–H groups in total. The van der Waals surface area contributed by atoms with Crippen molar-refractivity contribution in [3.05, 3.63) is 36.9 Å². The summed E-state index contributed by atoms with van der Waals surface area (Å²) in [6.07, 6.45) is 7.90. The standard InChI is InChI=1S/C15H18N4OS/c1-11(20-3)9-19-7-6-16-15(19)14-5-4-13(21-14)12-8-17-18(2)10-12/h4-8,10-11H,9H2,1-3H3. The predicted octanol–water partition coefficient (Wildman–Crippen LogP) is 3.05. The lowest BCUT2D eigenvalue weighted by Crippen LogP contribution is -2.14. The average molecular weight is 302 g/mol. The SMILES string of the molecule is COC(C)Cn1ccnc1-c1ccc(-c2cnn(C)c2)s1. The highest BCUT2D eigenvalue weighted by Crippen LogP contribution is 2.33. The Morgan fingerprint density at radius 1 is 1.33 bits per heavy atom. The van der Waals surface area contributed by atoms with Gasteiger partial charge in [-0.1, -0.05) is 0 Å². The van der Waals surface area contributed by atoms with Crippen LogP contribution >= 0.6 is 11.3 Å². The summed E-state index contributed by atoms with van der Waals surface area (Å²) in [5.74, 6) is 0.985. The van der Waals surface area contributed by atoms with Gasteiger partial charge in [0.1, 0.15) is 5.82 Å². The van der Waals surface area contributed by atoms with Gasteiger partial charge in [-0.15, -0.1) is 11.3 Å². The van der Waals surface area contributed by atoms with Gasteiger partial charge in [-0.3, -0.25) is 4.68 Å². The molecular weight excluding hydrogens is 284 g/mol. The Balaban J connectivity index is 1.88. The van der Waals surface area contributed by atoms with Crippen molar-refractivity contribution >= 4 is 11.3 Å². The summed E-state index contributed by atoms with van der Waals surface area (Å²) in [4.78, 5) is 6.84. The maximum absolute atomic E-state index is 5.34.